The van der Waals surface area contributed by atoms with Crippen molar-refractivity contribution in [2.24, 2.45) is 7.05 Å². The highest BCUT2D eigenvalue weighted by Crippen LogP contribution is 2.45. The maximum absolute atomic E-state index is 12.8. The number of ether oxygens (including phenoxy) is 3. The van der Waals surface area contributed by atoms with Crippen molar-refractivity contribution < 1.29 is 19.0 Å². The van der Waals surface area contributed by atoms with Gasteiger partial charge in [0.25, 0.3) is 5.91 Å². The standard InChI is InChI=1S/C20H25N3O4/c1-22-16(4-8-21-22)19(24)23-9-6-20(7-10-23)15-13-18(26-3)17(25-2)12-14(15)5-11-27-20/h4,8,12-13H,5-7,9-11H2,1-3H3. The molecule has 1 spiro atoms. The first-order chi connectivity index (χ1) is 13.1. The molecule has 4 rings (SSSR count). The maximum Gasteiger partial charge on any atom is 0.272 e. The molecule has 144 valence electrons. The van der Waals surface area contributed by atoms with Gasteiger partial charge >= 0.3 is 0 Å². The van der Waals surface area contributed by atoms with Crippen LogP contribution in [0.2, 0.25) is 0 Å². The van der Waals surface area contributed by atoms with Crippen molar-refractivity contribution in [3.05, 3.63) is 41.2 Å². The van der Waals surface area contributed by atoms with Gasteiger partial charge in [0.05, 0.1) is 26.4 Å². The lowest BCUT2D eigenvalue weighted by molar-refractivity contribution is -0.0937. The molecule has 0 saturated carbocycles. The summed E-state index contributed by atoms with van der Waals surface area (Å²) in [6.45, 7) is 1.98. The number of carbonyl (C=O) groups excluding carboxylic acids is 1. The average molecular weight is 371 g/mol. The second-order valence-corrected chi connectivity index (χ2v) is 7.09. The zero-order chi connectivity index (χ0) is 19.0. The molecule has 1 saturated heterocycles. The summed E-state index contributed by atoms with van der Waals surface area (Å²) in [6.07, 6.45) is 4.03. The van der Waals surface area contributed by atoms with E-state index in [9.17, 15) is 4.79 Å². The molecule has 3 heterocycles. The molecular weight excluding hydrogens is 346 g/mol. The zero-order valence-electron chi connectivity index (χ0n) is 16.0. The van der Waals surface area contributed by atoms with Crippen LogP contribution in [0.15, 0.2) is 24.4 Å². The van der Waals surface area contributed by atoms with Crippen molar-refractivity contribution in [2.75, 3.05) is 33.9 Å². The fourth-order valence-corrected chi connectivity index (χ4v) is 4.22. The predicted molar refractivity (Wildman–Crippen MR) is 99.2 cm³/mol. The van der Waals surface area contributed by atoms with E-state index >= 15 is 0 Å². The normalized spacial score (nSPS) is 18.3. The number of rotatable bonds is 3. The van der Waals surface area contributed by atoms with E-state index in [0.29, 0.717) is 25.4 Å². The van der Waals surface area contributed by atoms with Crippen LogP contribution in [0.3, 0.4) is 0 Å². The van der Waals surface area contributed by atoms with Crippen LogP contribution in [0.1, 0.15) is 34.5 Å². The summed E-state index contributed by atoms with van der Waals surface area (Å²) in [6, 6.07) is 5.87. The number of methoxy groups -OCH3 is 2. The first-order valence-electron chi connectivity index (χ1n) is 9.24. The van der Waals surface area contributed by atoms with E-state index in [2.05, 4.69) is 11.2 Å². The predicted octanol–water partition coefficient (Wildman–Crippen LogP) is 2.14. The third kappa shape index (κ3) is 2.96. The van der Waals surface area contributed by atoms with Gasteiger partial charge in [-0.05, 0) is 48.6 Å². The second-order valence-electron chi connectivity index (χ2n) is 7.09. The lowest BCUT2D eigenvalue weighted by Crippen LogP contribution is -2.48. The maximum atomic E-state index is 12.8. The largest absolute Gasteiger partial charge is 0.493 e. The molecule has 0 aliphatic carbocycles. The van der Waals surface area contributed by atoms with Crippen LogP contribution in [0.5, 0.6) is 11.5 Å². The number of nitrogens with zero attached hydrogens (tertiary/aromatic N) is 3. The molecule has 7 heteroatoms. The van der Waals surface area contributed by atoms with Gasteiger partial charge in [0.1, 0.15) is 5.69 Å². The van der Waals surface area contributed by atoms with Gasteiger partial charge in [0, 0.05) is 26.3 Å². The number of aromatic nitrogens is 2. The summed E-state index contributed by atoms with van der Waals surface area (Å²) in [7, 11) is 5.09. The summed E-state index contributed by atoms with van der Waals surface area (Å²) in [5.41, 5.74) is 2.66. The molecule has 0 radical (unpaired) electrons. The molecule has 0 bridgehead atoms. The van der Waals surface area contributed by atoms with Crippen LogP contribution in [-0.4, -0.2) is 54.5 Å². The first-order valence-corrected chi connectivity index (χ1v) is 9.24. The molecule has 1 aromatic heterocycles. The topological polar surface area (TPSA) is 65.8 Å². The van der Waals surface area contributed by atoms with Crippen LogP contribution in [0.4, 0.5) is 0 Å². The SMILES string of the molecule is COc1cc2c(cc1OC)C1(CCN(C(=O)c3ccnn3C)CC1)OCC2. The van der Waals surface area contributed by atoms with Gasteiger partial charge in [-0.2, -0.15) is 5.10 Å². The molecule has 1 amide bonds. The Morgan fingerprint density at radius 1 is 1.19 bits per heavy atom. The number of hydrogen-bond acceptors (Lipinski definition) is 5. The monoisotopic (exact) mass is 371 g/mol. The van der Waals surface area contributed by atoms with Crippen molar-refractivity contribution in [2.45, 2.75) is 24.9 Å². The highest BCUT2D eigenvalue weighted by Gasteiger charge is 2.42. The summed E-state index contributed by atoms with van der Waals surface area (Å²) in [4.78, 5) is 14.7. The Balaban J connectivity index is 1.59. The quantitative estimate of drug-likeness (QED) is 0.827. The van der Waals surface area contributed by atoms with E-state index < -0.39 is 0 Å². The van der Waals surface area contributed by atoms with Crippen molar-refractivity contribution in [3.8, 4) is 11.5 Å². The molecule has 2 aliphatic rings. The third-order valence-electron chi connectivity index (χ3n) is 5.75. The van der Waals surface area contributed by atoms with Crippen molar-refractivity contribution >= 4 is 5.91 Å². The van der Waals surface area contributed by atoms with Crippen LogP contribution in [0.25, 0.3) is 0 Å². The lowest BCUT2D eigenvalue weighted by atomic mass is 9.79. The molecule has 2 aliphatic heterocycles. The van der Waals surface area contributed by atoms with E-state index in [1.54, 1.807) is 38.2 Å². The van der Waals surface area contributed by atoms with E-state index in [1.807, 2.05) is 11.0 Å². The van der Waals surface area contributed by atoms with E-state index in [-0.39, 0.29) is 11.5 Å². The molecular formula is C20H25N3O4. The minimum Gasteiger partial charge on any atom is -0.493 e. The molecule has 0 atom stereocenters. The lowest BCUT2D eigenvalue weighted by Gasteiger charge is -2.45. The number of hydrogen-bond donors (Lipinski definition) is 0. The number of fused-ring (bicyclic) bond motifs is 2. The molecule has 0 N–H and O–H groups in total. The molecule has 0 unspecified atom stereocenters. The van der Waals surface area contributed by atoms with Crippen LogP contribution in [0, 0.1) is 0 Å². The number of aryl methyl sites for hydroxylation is 1. The average Bonchev–Trinajstić information content (AvgIpc) is 3.13. The number of amides is 1. The smallest absolute Gasteiger partial charge is 0.272 e. The Morgan fingerprint density at radius 2 is 1.89 bits per heavy atom. The van der Waals surface area contributed by atoms with Gasteiger partial charge in [-0.15, -0.1) is 0 Å². The van der Waals surface area contributed by atoms with Crippen LogP contribution in [-0.2, 0) is 23.8 Å². The number of benzene rings is 1. The van der Waals surface area contributed by atoms with Gasteiger partial charge in [0.15, 0.2) is 11.5 Å². The molecule has 1 aromatic carbocycles. The summed E-state index contributed by atoms with van der Waals surface area (Å²) >= 11 is 0. The van der Waals surface area contributed by atoms with E-state index in [0.717, 1.165) is 30.8 Å². The fourth-order valence-electron chi connectivity index (χ4n) is 4.22. The Labute approximate surface area is 158 Å². The Hall–Kier alpha value is -2.54. The zero-order valence-corrected chi connectivity index (χ0v) is 16.0. The van der Waals surface area contributed by atoms with Gasteiger partial charge in [-0.3, -0.25) is 9.48 Å². The first kappa shape index (κ1) is 17.9. The molecule has 1 fully saturated rings. The van der Waals surface area contributed by atoms with Gasteiger partial charge < -0.3 is 19.1 Å². The minimum atomic E-state index is -0.365. The van der Waals surface area contributed by atoms with Crippen LogP contribution >= 0.6 is 0 Å². The minimum absolute atomic E-state index is 0.0215. The van der Waals surface area contributed by atoms with Crippen molar-refractivity contribution in [1.82, 2.24) is 14.7 Å². The summed E-state index contributed by atoms with van der Waals surface area (Å²) < 4.78 is 18.9. The van der Waals surface area contributed by atoms with Gasteiger partial charge in [-0.1, -0.05) is 0 Å². The van der Waals surface area contributed by atoms with Gasteiger partial charge in [0.2, 0.25) is 0 Å². The molecule has 7 nitrogen and oxygen atoms in total. The summed E-state index contributed by atoms with van der Waals surface area (Å²) in [5, 5.41) is 4.10. The van der Waals surface area contributed by atoms with Crippen LogP contribution < -0.4 is 9.47 Å². The van der Waals surface area contributed by atoms with Gasteiger partial charge in [-0.25, -0.2) is 0 Å². The number of piperidine rings is 1. The third-order valence-corrected chi connectivity index (χ3v) is 5.75. The second kappa shape index (κ2) is 6.88. The molecule has 27 heavy (non-hydrogen) atoms. The Kier molecular flexibility index (Phi) is 4.55. The van der Waals surface area contributed by atoms with E-state index in [4.69, 9.17) is 14.2 Å². The highest BCUT2D eigenvalue weighted by molar-refractivity contribution is 5.92. The Morgan fingerprint density at radius 3 is 2.52 bits per heavy atom. The highest BCUT2D eigenvalue weighted by atomic mass is 16.5. The summed E-state index contributed by atoms with van der Waals surface area (Å²) in [5.74, 6) is 1.49. The molecule has 2 aromatic rings. The Bertz CT molecular complexity index is 853. The van der Waals surface area contributed by atoms with Crippen molar-refractivity contribution in [3.63, 3.8) is 0 Å². The van der Waals surface area contributed by atoms with Crippen molar-refractivity contribution in [1.29, 1.82) is 0 Å². The fraction of sp³-hybridized carbons (Fsp3) is 0.500. The number of likely N-dealkylation sites (tertiary alicyclic amines) is 1. The van der Waals surface area contributed by atoms with E-state index in [1.165, 1.54) is 11.1 Å². The number of carbonyl (C=O) groups is 1.